The Kier molecular flexibility index (Phi) is 5.95. The van der Waals surface area contributed by atoms with Crippen LogP contribution >= 0.6 is 22.9 Å². The Morgan fingerprint density at radius 2 is 1.95 bits per heavy atom. The van der Waals surface area contributed by atoms with Gasteiger partial charge in [0.1, 0.15) is 0 Å². The van der Waals surface area contributed by atoms with Crippen LogP contribution in [0.2, 0.25) is 5.02 Å². The number of hydrogen-bond acceptors (Lipinski definition) is 2. The normalized spacial score (nSPS) is 28.6. The summed E-state index contributed by atoms with van der Waals surface area (Å²) in [6.07, 6.45) is 5.22. The second-order valence-electron chi connectivity index (χ2n) is 6.71. The fraction of sp³-hybridized carbons (Fsp3) is 0.765. The minimum atomic E-state index is 0.450. The van der Waals surface area contributed by atoms with Gasteiger partial charge in [-0.2, -0.15) is 0 Å². The molecule has 0 bridgehead atoms. The van der Waals surface area contributed by atoms with Gasteiger partial charge in [-0.25, -0.2) is 0 Å². The van der Waals surface area contributed by atoms with Crippen LogP contribution in [0, 0.1) is 24.7 Å². The van der Waals surface area contributed by atoms with Gasteiger partial charge in [0.25, 0.3) is 0 Å². The molecular weight excluding hydrogens is 286 g/mol. The first-order chi connectivity index (χ1) is 9.52. The molecule has 1 heterocycles. The molecule has 1 nitrogen and oxygen atoms in total. The summed E-state index contributed by atoms with van der Waals surface area (Å²) in [6.45, 7) is 10.2. The molecule has 3 heteroatoms. The van der Waals surface area contributed by atoms with Crippen molar-refractivity contribution < 1.29 is 0 Å². The van der Waals surface area contributed by atoms with E-state index < -0.39 is 0 Å². The number of hydrogen-bond donors (Lipinski definition) is 1. The van der Waals surface area contributed by atoms with E-state index in [-0.39, 0.29) is 0 Å². The lowest BCUT2D eigenvalue weighted by molar-refractivity contribution is 0.178. The molecule has 0 aromatic carbocycles. The van der Waals surface area contributed by atoms with E-state index >= 15 is 0 Å². The molecule has 0 radical (unpaired) electrons. The van der Waals surface area contributed by atoms with E-state index in [2.05, 4.69) is 38.4 Å². The maximum absolute atomic E-state index is 6.54. The zero-order chi connectivity index (χ0) is 14.7. The summed E-state index contributed by atoms with van der Waals surface area (Å²) in [4.78, 5) is 1.36. The molecule has 0 spiro atoms. The summed E-state index contributed by atoms with van der Waals surface area (Å²) >= 11 is 8.38. The van der Waals surface area contributed by atoms with Crippen molar-refractivity contribution in [1.82, 2.24) is 5.32 Å². The van der Waals surface area contributed by atoms with Crippen LogP contribution in [0.25, 0.3) is 0 Å². The van der Waals surface area contributed by atoms with Gasteiger partial charge in [0, 0.05) is 10.9 Å². The Bertz CT molecular complexity index is 419. The largest absolute Gasteiger partial charge is 0.309 e. The molecule has 3 unspecified atom stereocenters. The summed E-state index contributed by atoms with van der Waals surface area (Å²) in [7, 11) is 0. The predicted octanol–water partition coefficient (Wildman–Crippen LogP) is 5.82. The van der Waals surface area contributed by atoms with Crippen molar-refractivity contribution in [3.05, 3.63) is 20.8 Å². The third-order valence-corrected chi connectivity index (χ3v) is 6.31. The number of halogens is 1. The number of aryl methyl sites for hydroxylation is 1. The van der Waals surface area contributed by atoms with Crippen LogP contribution in [0.1, 0.15) is 62.9 Å². The maximum atomic E-state index is 6.54. The Hall–Kier alpha value is -0.0500. The lowest BCUT2D eigenvalue weighted by Crippen LogP contribution is -2.33. The fourth-order valence-electron chi connectivity index (χ4n) is 3.71. The summed E-state index contributed by atoms with van der Waals surface area (Å²) in [5.41, 5.74) is 1.23. The second-order valence-corrected chi connectivity index (χ2v) is 8.00. The molecule has 20 heavy (non-hydrogen) atoms. The van der Waals surface area contributed by atoms with Crippen LogP contribution in [-0.4, -0.2) is 6.54 Å². The van der Waals surface area contributed by atoms with Gasteiger partial charge < -0.3 is 5.32 Å². The van der Waals surface area contributed by atoms with Crippen molar-refractivity contribution in [1.29, 1.82) is 0 Å². The van der Waals surface area contributed by atoms with Gasteiger partial charge in [-0.1, -0.05) is 32.4 Å². The van der Waals surface area contributed by atoms with Gasteiger partial charge in [-0.05, 0) is 67.8 Å². The maximum Gasteiger partial charge on any atom is 0.0590 e. The summed E-state index contributed by atoms with van der Waals surface area (Å²) in [5, 5.41) is 6.97. The fourth-order valence-corrected chi connectivity index (χ4v) is 5.19. The third kappa shape index (κ3) is 3.78. The molecular formula is C17H28ClNS. The van der Waals surface area contributed by atoms with Crippen molar-refractivity contribution in [2.45, 2.75) is 59.4 Å². The quantitative estimate of drug-likeness (QED) is 0.722. The van der Waals surface area contributed by atoms with E-state index in [1.165, 1.54) is 36.1 Å². The first kappa shape index (κ1) is 16.3. The monoisotopic (exact) mass is 313 g/mol. The third-order valence-electron chi connectivity index (χ3n) is 4.51. The van der Waals surface area contributed by atoms with E-state index in [9.17, 15) is 0 Å². The van der Waals surface area contributed by atoms with E-state index in [0.717, 1.165) is 29.3 Å². The van der Waals surface area contributed by atoms with Crippen molar-refractivity contribution in [3.63, 3.8) is 0 Å². The van der Waals surface area contributed by atoms with Crippen LogP contribution in [0.3, 0.4) is 0 Å². The van der Waals surface area contributed by atoms with Gasteiger partial charge in [0.2, 0.25) is 0 Å². The molecule has 114 valence electrons. The molecule has 3 atom stereocenters. The SMILES string of the molecule is CCCNC(c1scc(C)c1Cl)C1CC(C)CC(C)C1. The molecule has 0 saturated heterocycles. The lowest BCUT2D eigenvalue weighted by atomic mass is 9.73. The Balaban J connectivity index is 2.20. The highest BCUT2D eigenvalue weighted by Gasteiger charge is 2.32. The zero-order valence-corrected chi connectivity index (χ0v) is 14.8. The minimum Gasteiger partial charge on any atom is -0.309 e. The number of thiophene rings is 1. The van der Waals surface area contributed by atoms with Crippen molar-refractivity contribution in [3.8, 4) is 0 Å². The van der Waals surface area contributed by atoms with Gasteiger partial charge >= 0.3 is 0 Å². The molecule has 1 aliphatic rings. The van der Waals surface area contributed by atoms with Crippen molar-refractivity contribution in [2.24, 2.45) is 17.8 Å². The first-order valence-electron chi connectivity index (χ1n) is 7.99. The van der Waals surface area contributed by atoms with Crippen LogP contribution in [0.4, 0.5) is 0 Å². The molecule has 0 amide bonds. The van der Waals surface area contributed by atoms with E-state index in [1.807, 2.05) is 11.3 Å². The average molecular weight is 314 g/mol. The van der Waals surface area contributed by atoms with Crippen LogP contribution in [-0.2, 0) is 0 Å². The molecule has 1 aromatic rings. The van der Waals surface area contributed by atoms with Crippen LogP contribution < -0.4 is 5.32 Å². The van der Waals surface area contributed by atoms with Gasteiger partial charge in [-0.15, -0.1) is 11.3 Å². The second kappa shape index (κ2) is 7.29. The average Bonchev–Trinajstić information content (AvgIpc) is 2.70. The zero-order valence-electron chi connectivity index (χ0n) is 13.2. The summed E-state index contributed by atoms with van der Waals surface area (Å²) in [5.74, 6) is 2.42. The van der Waals surface area contributed by atoms with E-state index in [1.54, 1.807) is 0 Å². The highest BCUT2D eigenvalue weighted by atomic mass is 35.5. The van der Waals surface area contributed by atoms with Gasteiger partial charge in [0.05, 0.1) is 5.02 Å². The molecule has 1 N–H and O–H groups in total. The lowest BCUT2D eigenvalue weighted by Gasteiger charge is -2.37. The highest BCUT2D eigenvalue weighted by Crippen LogP contribution is 2.43. The van der Waals surface area contributed by atoms with E-state index in [0.29, 0.717) is 6.04 Å². The van der Waals surface area contributed by atoms with Crippen LogP contribution in [0.15, 0.2) is 5.38 Å². The summed E-state index contributed by atoms with van der Waals surface area (Å²) < 4.78 is 0. The standard InChI is InChI=1S/C17H28ClNS/c1-5-6-19-16(17-15(18)13(4)10-20-17)14-8-11(2)7-12(3)9-14/h10-12,14,16,19H,5-9H2,1-4H3. The molecule has 2 rings (SSSR count). The van der Waals surface area contributed by atoms with Crippen molar-refractivity contribution in [2.75, 3.05) is 6.54 Å². The molecule has 1 aromatic heterocycles. The topological polar surface area (TPSA) is 12.0 Å². The molecule has 1 saturated carbocycles. The first-order valence-corrected chi connectivity index (χ1v) is 9.25. The molecule has 1 aliphatic carbocycles. The van der Waals surface area contributed by atoms with E-state index in [4.69, 9.17) is 11.6 Å². The smallest absolute Gasteiger partial charge is 0.0590 e. The van der Waals surface area contributed by atoms with Crippen molar-refractivity contribution >= 4 is 22.9 Å². The van der Waals surface area contributed by atoms with Gasteiger partial charge in [-0.3, -0.25) is 0 Å². The minimum absolute atomic E-state index is 0.450. The predicted molar refractivity (Wildman–Crippen MR) is 90.8 cm³/mol. The summed E-state index contributed by atoms with van der Waals surface area (Å²) in [6, 6.07) is 0.450. The number of rotatable bonds is 5. The molecule has 1 fully saturated rings. The Morgan fingerprint density at radius 1 is 1.30 bits per heavy atom. The van der Waals surface area contributed by atoms with Gasteiger partial charge in [0.15, 0.2) is 0 Å². The Labute approximate surface area is 133 Å². The number of nitrogens with one attached hydrogen (secondary N) is 1. The molecule has 0 aliphatic heterocycles. The highest BCUT2D eigenvalue weighted by molar-refractivity contribution is 7.10. The van der Waals surface area contributed by atoms with Crippen LogP contribution in [0.5, 0.6) is 0 Å². The Morgan fingerprint density at radius 3 is 2.45 bits per heavy atom.